The summed E-state index contributed by atoms with van der Waals surface area (Å²) in [6, 6.07) is 6.05. The SMILES string of the molecule is C=C(NC1CCC(F)(F)CC1)c1n[nH]c2ccc(-c3cnn(C)c3)cc12. The first-order valence-electron chi connectivity index (χ1n) is 8.72. The standard InChI is InChI=1S/C19H21F2N5/c1-12(23-15-5-7-19(20,21)8-6-15)18-16-9-13(3-4-17(16)24-25-18)14-10-22-26(2)11-14/h3-4,9-11,15,23H,1,5-8H2,2H3,(H,24,25). The molecule has 1 aliphatic carbocycles. The highest BCUT2D eigenvalue weighted by molar-refractivity contribution is 5.92. The molecule has 0 radical (unpaired) electrons. The van der Waals surface area contributed by atoms with Crippen LogP contribution in [0.5, 0.6) is 0 Å². The first-order valence-corrected chi connectivity index (χ1v) is 8.72. The van der Waals surface area contributed by atoms with Gasteiger partial charge in [0.05, 0.1) is 17.4 Å². The topological polar surface area (TPSA) is 58.5 Å². The first-order chi connectivity index (χ1) is 12.4. The summed E-state index contributed by atoms with van der Waals surface area (Å²) in [6.45, 7) is 4.09. The molecule has 0 bridgehead atoms. The molecule has 2 N–H and O–H groups in total. The minimum atomic E-state index is -2.53. The second kappa shape index (κ2) is 6.23. The summed E-state index contributed by atoms with van der Waals surface area (Å²) in [7, 11) is 1.88. The van der Waals surface area contributed by atoms with Gasteiger partial charge in [0.2, 0.25) is 5.92 Å². The second-order valence-corrected chi connectivity index (χ2v) is 6.99. The Bertz CT molecular complexity index is 946. The molecule has 0 saturated heterocycles. The molecule has 1 fully saturated rings. The second-order valence-electron chi connectivity index (χ2n) is 6.99. The Kier molecular flexibility index (Phi) is 4.01. The van der Waals surface area contributed by atoms with Crippen LogP contribution in [-0.2, 0) is 7.05 Å². The summed E-state index contributed by atoms with van der Waals surface area (Å²) in [4.78, 5) is 0. The predicted molar refractivity (Wildman–Crippen MR) is 97.7 cm³/mol. The van der Waals surface area contributed by atoms with E-state index in [-0.39, 0.29) is 18.9 Å². The Morgan fingerprint density at radius 2 is 2.08 bits per heavy atom. The molecule has 0 unspecified atom stereocenters. The number of aryl methyl sites for hydroxylation is 1. The Morgan fingerprint density at radius 1 is 1.31 bits per heavy atom. The third-order valence-electron chi connectivity index (χ3n) is 4.98. The van der Waals surface area contributed by atoms with Gasteiger partial charge in [-0.15, -0.1) is 0 Å². The van der Waals surface area contributed by atoms with Crippen LogP contribution in [0, 0.1) is 0 Å². The van der Waals surface area contributed by atoms with Crippen LogP contribution in [0.15, 0.2) is 37.2 Å². The number of aromatic nitrogens is 4. The number of aromatic amines is 1. The van der Waals surface area contributed by atoms with Gasteiger partial charge in [-0.1, -0.05) is 12.6 Å². The molecular formula is C19H21F2N5. The van der Waals surface area contributed by atoms with Crippen LogP contribution in [0.3, 0.4) is 0 Å². The lowest BCUT2D eigenvalue weighted by Crippen LogP contribution is -2.36. The number of alkyl halides is 2. The minimum absolute atomic E-state index is 0.00961. The predicted octanol–water partition coefficient (Wildman–Crippen LogP) is 4.10. The number of halogens is 2. The quantitative estimate of drug-likeness (QED) is 0.739. The van der Waals surface area contributed by atoms with Crippen molar-refractivity contribution in [3.63, 3.8) is 0 Å². The Labute approximate surface area is 150 Å². The number of nitrogens with one attached hydrogen (secondary N) is 2. The fourth-order valence-corrected chi connectivity index (χ4v) is 3.49. The normalized spacial score (nSPS) is 17.5. The Hall–Kier alpha value is -2.70. The molecule has 1 aromatic carbocycles. The van der Waals surface area contributed by atoms with Crippen molar-refractivity contribution in [3.8, 4) is 11.1 Å². The van der Waals surface area contributed by atoms with E-state index in [2.05, 4.69) is 27.2 Å². The van der Waals surface area contributed by atoms with Crippen LogP contribution < -0.4 is 5.32 Å². The third kappa shape index (κ3) is 3.21. The van der Waals surface area contributed by atoms with Crippen LogP contribution in [0.25, 0.3) is 27.7 Å². The molecule has 5 nitrogen and oxygen atoms in total. The summed E-state index contributed by atoms with van der Waals surface area (Å²) in [5.74, 6) is -2.53. The number of fused-ring (bicyclic) bond motifs is 1. The highest BCUT2D eigenvalue weighted by Gasteiger charge is 2.35. The van der Waals surface area contributed by atoms with Gasteiger partial charge in [-0.3, -0.25) is 9.78 Å². The van der Waals surface area contributed by atoms with Crippen LogP contribution in [-0.4, -0.2) is 31.9 Å². The number of hydrogen-bond acceptors (Lipinski definition) is 3. The molecule has 7 heteroatoms. The van der Waals surface area contributed by atoms with E-state index in [1.54, 1.807) is 4.68 Å². The molecule has 0 spiro atoms. The van der Waals surface area contributed by atoms with Crippen LogP contribution >= 0.6 is 0 Å². The van der Waals surface area contributed by atoms with Crippen LogP contribution in [0.1, 0.15) is 31.4 Å². The fourth-order valence-electron chi connectivity index (χ4n) is 3.49. The van der Waals surface area contributed by atoms with Crippen molar-refractivity contribution in [1.82, 2.24) is 25.3 Å². The van der Waals surface area contributed by atoms with Gasteiger partial charge >= 0.3 is 0 Å². The van der Waals surface area contributed by atoms with Crippen molar-refractivity contribution in [1.29, 1.82) is 0 Å². The molecule has 0 amide bonds. The van der Waals surface area contributed by atoms with Crippen molar-refractivity contribution in [2.75, 3.05) is 0 Å². The zero-order valence-corrected chi connectivity index (χ0v) is 14.6. The van der Waals surface area contributed by atoms with E-state index in [4.69, 9.17) is 0 Å². The molecule has 2 heterocycles. The van der Waals surface area contributed by atoms with Crippen molar-refractivity contribution < 1.29 is 8.78 Å². The maximum Gasteiger partial charge on any atom is 0.248 e. The van der Waals surface area contributed by atoms with Crippen molar-refractivity contribution >= 4 is 16.6 Å². The number of benzene rings is 1. The summed E-state index contributed by atoms with van der Waals surface area (Å²) in [6.07, 6.45) is 4.49. The highest BCUT2D eigenvalue weighted by atomic mass is 19.3. The first kappa shape index (κ1) is 16.8. The van der Waals surface area contributed by atoms with Crippen LogP contribution in [0.2, 0.25) is 0 Å². The average Bonchev–Trinajstić information content (AvgIpc) is 3.22. The summed E-state index contributed by atoms with van der Waals surface area (Å²) < 4.78 is 28.4. The third-order valence-corrected chi connectivity index (χ3v) is 4.98. The molecule has 2 aromatic heterocycles. The van der Waals surface area contributed by atoms with Crippen molar-refractivity contribution in [2.24, 2.45) is 7.05 Å². The van der Waals surface area contributed by atoms with Gasteiger partial charge in [0, 0.05) is 43.1 Å². The molecule has 1 aliphatic rings. The molecular weight excluding hydrogens is 336 g/mol. The van der Waals surface area contributed by atoms with E-state index in [0.717, 1.165) is 27.7 Å². The fraction of sp³-hybridized carbons (Fsp3) is 0.368. The number of nitrogens with zero attached hydrogens (tertiary/aromatic N) is 3. The average molecular weight is 357 g/mol. The smallest absolute Gasteiger partial charge is 0.248 e. The van der Waals surface area contributed by atoms with Gasteiger partial charge < -0.3 is 5.32 Å². The largest absolute Gasteiger partial charge is 0.381 e. The monoisotopic (exact) mass is 357 g/mol. The number of rotatable bonds is 4. The lowest BCUT2D eigenvalue weighted by atomic mass is 9.92. The number of hydrogen-bond donors (Lipinski definition) is 2. The molecule has 136 valence electrons. The van der Waals surface area contributed by atoms with Gasteiger partial charge in [-0.05, 0) is 30.5 Å². The van der Waals surface area contributed by atoms with Gasteiger partial charge in [0.25, 0.3) is 0 Å². The summed E-state index contributed by atoms with van der Waals surface area (Å²) in [5, 5.41) is 15.8. The van der Waals surface area contributed by atoms with Gasteiger partial charge in [0.1, 0.15) is 5.69 Å². The van der Waals surface area contributed by atoms with Gasteiger partial charge in [-0.2, -0.15) is 10.2 Å². The Morgan fingerprint density at radius 3 is 2.77 bits per heavy atom. The molecule has 26 heavy (non-hydrogen) atoms. The van der Waals surface area contributed by atoms with Gasteiger partial charge in [-0.25, -0.2) is 8.78 Å². The lowest BCUT2D eigenvalue weighted by Gasteiger charge is -2.29. The van der Waals surface area contributed by atoms with E-state index in [9.17, 15) is 8.78 Å². The van der Waals surface area contributed by atoms with E-state index in [1.807, 2.05) is 37.6 Å². The van der Waals surface area contributed by atoms with Crippen LogP contribution in [0.4, 0.5) is 8.78 Å². The maximum atomic E-state index is 13.3. The molecule has 4 rings (SSSR count). The zero-order valence-electron chi connectivity index (χ0n) is 14.6. The van der Waals surface area contributed by atoms with E-state index < -0.39 is 5.92 Å². The van der Waals surface area contributed by atoms with E-state index in [0.29, 0.717) is 18.5 Å². The lowest BCUT2D eigenvalue weighted by molar-refractivity contribution is -0.0392. The van der Waals surface area contributed by atoms with E-state index in [1.165, 1.54) is 0 Å². The van der Waals surface area contributed by atoms with Crippen molar-refractivity contribution in [2.45, 2.75) is 37.6 Å². The summed E-state index contributed by atoms with van der Waals surface area (Å²) in [5.41, 5.74) is 4.36. The maximum absolute atomic E-state index is 13.3. The summed E-state index contributed by atoms with van der Waals surface area (Å²) >= 11 is 0. The number of H-pyrrole nitrogens is 1. The molecule has 1 saturated carbocycles. The molecule has 0 atom stereocenters. The highest BCUT2D eigenvalue weighted by Crippen LogP contribution is 2.34. The Balaban J connectivity index is 1.57. The zero-order chi connectivity index (χ0) is 18.3. The van der Waals surface area contributed by atoms with Gasteiger partial charge in [0.15, 0.2) is 0 Å². The van der Waals surface area contributed by atoms with Crippen molar-refractivity contribution in [3.05, 3.63) is 42.9 Å². The molecule has 3 aromatic rings. The molecule has 0 aliphatic heterocycles. The van der Waals surface area contributed by atoms with E-state index >= 15 is 0 Å². The minimum Gasteiger partial charge on any atom is -0.381 e.